The molecule has 0 bridgehead atoms. The van der Waals surface area contributed by atoms with Gasteiger partial charge < -0.3 is 4.74 Å². The number of cyclic esters (lactones) is 1. The minimum absolute atomic E-state index is 0.137. The molecule has 1 atom stereocenters. The molecule has 5 heteroatoms. The zero-order valence-electron chi connectivity index (χ0n) is 11.0. The second-order valence-corrected chi connectivity index (χ2v) is 5.13. The molecule has 21 heavy (non-hydrogen) atoms. The van der Waals surface area contributed by atoms with Crippen molar-refractivity contribution < 1.29 is 14.3 Å². The lowest BCUT2D eigenvalue weighted by molar-refractivity contribution is 0.0774. The molecule has 2 aromatic rings. The average molecular weight is 302 g/mol. The SMILES string of the molecule is O=C1OCC(c2cccc(Cl)c2)N1C(=O)c1ccccc1. The van der Waals surface area contributed by atoms with Crippen LogP contribution in [0.25, 0.3) is 0 Å². The van der Waals surface area contributed by atoms with E-state index in [0.29, 0.717) is 10.6 Å². The van der Waals surface area contributed by atoms with Crippen LogP contribution in [0.4, 0.5) is 4.79 Å². The summed E-state index contributed by atoms with van der Waals surface area (Å²) in [6.07, 6.45) is -0.631. The predicted octanol–water partition coefficient (Wildman–Crippen LogP) is 3.67. The van der Waals surface area contributed by atoms with E-state index >= 15 is 0 Å². The van der Waals surface area contributed by atoms with E-state index in [9.17, 15) is 9.59 Å². The molecule has 1 unspecified atom stereocenters. The van der Waals surface area contributed by atoms with Crippen LogP contribution in [-0.2, 0) is 4.74 Å². The lowest BCUT2D eigenvalue weighted by Crippen LogP contribution is -2.34. The third kappa shape index (κ3) is 2.62. The van der Waals surface area contributed by atoms with Crippen molar-refractivity contribution in [1.82, 2.24) is 4.90 Å². The van der Waals surface area contributed by atoms with Gasteiger partial charge in [-0.05, 0) is 29.8 Å². The first kappa shape index (κ1) is 13.6. The molecule has 4 nitrogen and oxygen atoms in total. The molecule has 0 spiro atoms. The molecule has 0 aliphatic carbocycles. The summed E-state index contributed by atoms with van der Waals surface area (Å²) in [5.74, 6) is -0.372. The Labute approximate surface area is 126 Å². The van der Waals surface area contributed by atoms with E-state index < -0.39 is 12.1 Å². The maximum absolute atomic E-state index is 12.5. The Bertz CT molecular complexity index is 687. The van der Waals surface area contributed by atoms with Crippen LogP contribution in [0.15, 0.2) is 54.6 Å². The summed E-state index contributed by atoms with van der Waals surface area (Å²) >= 11 is 5.97. The minimum Gasteiger partial charge on any atom is -0.446 e. The van der Waals surface area contributed by atoms with Gasteiger partial charge >= 0.3 is 6.09 Å². The van der Waals surface area contributed by atoms with Crippen LogP contribution in [-0.4, -0.2) is 23.5 Å². The fourth-order valence-corrected chi connectivity index (χ4v) is 2.52. The number of hydrogen-bond donors (Lipinski definition) is 0. The summed E-state index contributed by atoms with van der Waals surface area (Å²) in [6, 6.07) is 15.3. The van der Waals surface area contributed by atoms with Crippen LogP contribution >= 0.6 is 11.6 Å². The van der Waals surface area contributed by atoms with Gasteiger partial charge in [-0.3, -0.25) is 4.79 Å². The number of halogens is 1. The standard InChI is InChI=1S/C16H12ClNO3/c17-13-8-4-7-12(9-13)14-10-21-16(20)18(14)15(19)11-5-2-1-3-6-11/h1-9,14H,10H2. The highest BCUT2D eigenvalue weighted by Gasteiger charge is 2.39. The second kappa shape index (κ2) is 5.58. The fraction of sp³-hybridized carbons (Fsp3) is 0.125. The van der Waals surface area contributed by atoms with E-state index in [0.717, 1.165) is 10.5 Å². The molecule has 3 rings (SSSR count). The summed E-state index contributed by atoms with van der Waals surface area (Å²) in [6.45, 7) is 0.137. The maximum atomic E-state index is 12.5. The van der Waals surface area contributed by atoms with Gasteiger partial charge in [-0.25, -0.2) is 9.69 Å². The van der Waals surface area contributed by atoms with Gasteiger partial charge in [0.2, 0.25) is 0 Å². The van der Waals surface area contributed by atoms with Gasteiger partial charge in [-0.2, -0.15) is 0 Å². The van der Waals surface area contributed by atoms with Crippen molar-refractivity contribution >= 4 is 23.6 Å². The summed E-state index contributed by atoms with van der Waals surface area (Å²) in [7, 11) is 0. The number of ether oxygens (including phenoxy) is 1. The molecule has 2 amide bonds. The van der Waals surface area contributed by atoms with E-state index in [2.05, 4.69) is 0 Å². The quantitative estimate of drug-likeness (QED) is 0.850. The molecule has 1 fully saturated rings. The molecule has 2 aromatic carbocycles. The van der Waals surface area contributed by atoms with Crippen molar-refractivity contribution in [3.8, 4) is 0 Å². The predicted molar refractivity (Wildman–Crippen MR) is 78.2 cm³/mol. The lowest BCUT2D eigenvalue weighted by Gasteiger charge is -2.20. The van der Waals surface area contributed by atoms with E-state index in [1.165, 1.54) is 0 Å². The highest BCUT2D eigenvalue weighted by Crippen LogP contribution is 2.30. The van der Waals surface area contributed by atoms with Crippen LogP contribution in [0.2, 0.25) is 5.02 Å². The Morgan fingerprint density at radius 2 is 1.90 bits per heavy atom. The minimum atomic E-state index is -0.631. The van der Waals surface area contributed by atoms with E-state index in [1.54, 1.807) is 42.5 Å². The molecule has 0 saturated carbocycles. The number of amides is 2. The van der Waals surface area contributed by atoms with Gasteiger partial charge in [0.1, 0.15) is 12.6 Å². The molecule has 1 saturated heterocycles. The third-order valence-electron chi connectivity index (χ3n) is 3.35. The van der Waals surface area contributed by atoms with Crippen molar-refractivity contribution in [1.29, 1.82) is 0 Å². The van der Waals surface area contributed by atoms with E-state index in [-0.39, 0.29) is 12.5 Å². The topological polar surface area (TPSA) is 46.6 Å². The summed E-state index contributed by atoms with van der Waals surface area (Å²) in [4.78, 5) is 25.6. The summed E-state index contributed by atoms with van der Waals surface area (Å²) in [5.41, 5.74) is 1.22. The molecule has 1 aliphatic heterocycles. The first-order chi connectivity index (χ1) is 10.2. The van der Waals surface area contributed by atoms with E-state index in [1.807, 2.05) is 12.1 Å². The Balaban J connectivity index is 1.95. The molecule has 0 N–H and O–H groups in total. The number of carbonyl (C=O) groups is 2. The van der Waals surface area contributed by atoms with Gasteiger partial charge in [0.15, 0.2) is 0 Å². The third-order valence-corrected chi connectivity index (χ3v) is 3.58. The first-order valence-corrected chi connectivity index (χ1v) is 6.85. The number of hydrogen-bond acceptors (Lipinski definition) is 3. The second-order valence-electron chi connectivity index (χ2n) is 4.69. The number of carbonyl (C=O) groups excluding carboxylic acids is 2. The highest BCUT2D eigenvalue weighted by molar-refractivity contribution is 6.30. The van der Waals surface area contributed by atoms with Crippen LogP contribution < -0.4 is 0 Å². The molecule has 0 aromatic heterocycles. The van der Waals surface area contributed by atoms with Crippen LogP contribution in [0.5, 0.6) is 0 Å². The Kier molecular flexibility index (Phi) is 3.62. The first-order valence-electron chi connectivity index (χ1n) is 6.47. The van der Waals surface area contributed by atoms with E-state index in [4.69, 9.17) is 16.3 Å². The zero-order valence-corrected chi connectivity index (χ0v) is 11.8. The van der Waals surface area contributed by atoms with Gasteiger partial charge in [0.05, 0.1) is 0 Å². The van der Waals surface area contributed by atoms with Gasteiger partial charge in [0.25, 0.3) is 5.91 Å². The van der Waals surface area contributed by atoms with Gasteiger partial charge in [-0.1, -0.05) is 41.9 Å². The largest absolute Gasteiger partial charge is 0.446 e. The lowest BCUT2D eigenvalue weighted by atomic mass is 10.1. The van der Waals surface area contributed by atoms with Crippen molar-refractivity contribution in [2.45, 2.75) is 6.04 Å². The van der Waals surface area contributed by atoms with Crippen molar-refractivity contribution in [3.05, 3.63) is 70.7 Å². The van der Waals surface area contributed by atoms with Crippen molar-refractivity contribution in [3.63, 3.8) is 0 Å². The zero-order chi connectivity index (χ0) is 14.8. The molecule has 1 aliphatic rings. The fourth-order valence-electron chi connectivity index (χ4n) is 2.32. The maximum Gasteiger partial charge on any atom is 0.417 e. The highest BCUT2D eigenvalue weighted by atomic mass is 35.5. The van der Waals surface area contributed by atoms with Crippen LogP contribution in [0.3, 0.4) is 0 Å². The average Bonchev–Trinajstić information content (AvgIpc) is 2.89. The Hall–Kier alpha value is -2.33. The van der Waals surface area contributed by atoms with Gasteiger partial charge in [0, 0.05) is 10.6 Å². The number of nitrogens with zero attached hydrogens (tertiary/aromatic N) is 1. The molecule has 106 valence electrons. The summed E-state index contributed by atoms with van der Waals surface area (Å²) < 4.78 is 5.04. The number of rotatable bonds is 2. The molecule has 1 heterocycles. The van der Waals surface area contributed by atoms with Gasteiger partial charge in [-0.15, -0.1) is 0 Å². The monoisotopic (exact) mass is 301 g/mol. The van der Waals surface area contributed by atoms with Crippen molar-refractivity contribution in [2.75, 3.05) is 6.61 Å². The normalized spacial score (nSPS) is 17.7. The Morgan fingerprint density at radius 1 is 1.14 bits per heavy atom. The van der Waals surface area contributed by atoms with Crippen LogP contribution in [0, 0.1) is 0 Å². The van der Waals surface area contributed by atoms with Crippen molar-refractivity contribution in [2.24, 2.45) is 0 Å². The molecular weight excluding hydrogens is 290 g/mol. The molecular formula is C16H12ClNO3. The smallest absolute Gasteiger partial charge is 0.417 e. The van der Waals surface area contributed by atoms with Crippen LogP contribution in [0.1, 0.15) is 22.0 Å². The molecule has 0 radical (unpaired) electrons. The Morgan fingerprint density at radius 3 is 2.62 bits per heavy atom. The number of benzene rings is 2. The summed E-state index contributed by atoms with van der Waals surface area (Å²) in [5, 5.41) is 0.555. The number of imide groups is 1.